The van der Waals surface area contributed by atoms with Crippen molar-refractivity contribution in [1.29, 1.82) is 0 Å². The lowest BCUT2D eigenvalue weighted by Gasteiger charge is -2.39. The first-order chi connectivity index (χ1) is 13.3. The van der Waals surface area contributed by atoms with Crippen LogP contribution in [-0.4, -0.2) is 35.4 Å². The molecule has 0 amide bonds. The fourth-order valence-electron chi connectivity index (χ4n) is 4.41. The van der Waals surface area contributed by atoms with Crippen molar-refractivity contribution in [3.63, 3.8) is 0 Å². The Kier molecular flexibility index (Phi) is 5.06. The minimum Gasteiger partial charge on any atom is -0.383 e. The van der Waals surface area contributed by atoms with Crippen molar-refractivity contribution in [3.8, 4) is 11.1 Å². The quantitative estimate of drug-likeness (QED) is 0.797. The molecule has 2 aliphatic rings. The molecular formula is C20H24Cl2N4O2. The first-order valence-corrected chi connectivity index (χ1v) is 10.2. The Balaban J connectivity index is 1.66. The molecule has 0 saturated carbocycles. The zero-order valence-electron chi connectivity index (χ0n) is 16.0. The van der Waals surface area contributed by atoms with Gasteiger partial charge in [-0.05, 0) is 49.8 Å². The van der Waals surface area contributed by atoms with Crippen LogP contribution in [0.25, 0.3) is 11.1 Å². The number of halogens is 2. The number of rotatable bonds is 2. The maximum absolute atomic E-state index is 13.1. The molecule has 3 heterocycles. The number of anilines is 2. The molecule has 2 saturated heterocycles. The lowest BCUT2D eigenvalue weighted by molar-refractivity contribution is 0.0974. The van der Waals surface area contributed by atoms with Crippen LogP contribution in [0.2, 0.25) is 10.0 Å². The summed E-state index contributed by atoms with van der Waals surface area (Å²) in [5.74, 6) is 0.756. The second kappa shape index (κ2) is 7.25. The van der Waals surface area contributed by atoms with Crippen molar-refractivity contribution in [2.75, 3.05) is 30.3 Å². The van der Waals surface area contributed by atoms with Gasteiger partial charge in [0.25, 0.3) is 5.56 Å². The third-order valence-corrected chi connectivity index (χ3v) is 6.56. The van der Waals surface area contributed by atoms with Crippen molar-refractivity contribution in [2.24, 2.45) is 12.5 Å². The fraction of sp³-hybridized carbons (Fsp3) is 0.500. The molecule has 1 spiro atoms. The number of hydrogen-bond donors (Lipinski definition) is 1. The number of hydrogen-bond acceptors (Lipinski definition) is 5. The molecule has 150 valence electrons. The molecule has 0 bridgehead atoms. The molecule has 2 N–H and O–H groups in total. The molecule has 6 nitrogen and oxygen atoms in total. The smallest absolute Gasteiger partial charge is 0.264 e. The summed E-state index contributed by atoms with van der Waals surface area (Å²) in [5.41, 5.74) is 7.02. The van der Waals surface area contributed by atoms with Gasteiger partial charge in [-0.3, -0.25) is 9.36 Å². The van der Waals surface area contributed by atoms with Crippen LogP contribution in [0.1, 0.15) is 26.2 Å². The van der Waals surface area contributed by atoms with Gasteiger partial charge >= 0.3 is 0 Å². The Morgan fingerprint density at radius 2 is 2.00 bits per heavy atom. The first-order valence-electron chi connectivity index (χ1n) is 9.48. The molecule has 1 atom stereocenters. The van der Waals surface area contributed by atoms with Crippen molar-refractivity contribution < 1.29 is 4.74 Å². The zero-order valence-corrected chi connectivity index (χ0v) is 17.6. The molecule has 1 aromatic carbocycles. The molecular weight excluding hydrogens is 399 g/mol. The van der Waals surface area contributed by atoms with E-state index in [1.807, 2.05) is 0 Å². The Morgan fingerprint density at radius 3 is 2.64 bits per heavy atom. The van der Waals surface area contributed by atoms with Gasteiger partial charge < -0.3 is 15.4 Å². The summed E-state index contributed by atoms with van der Waals surface area (Å²) in [4.78, 5) is 19.8. The van der Waals surface area contributed by atoms with Crippen LogP contribution in [0, 0.1) is 5.41 Å². The standard InChI is InChI=1S/C20H24Cl2N4O2/c1-12-10-20(11-28-12)5-7-26(8-6-20)19-24-17(23)16(18(27)25(19)2)14-9-13(21)3-4-15(14)22/h3-4,9,12H,5-8,10-11,23H2,1-2H3/t12-/m0/s1. The topological polar surface area (TPSA) is 73.4 Å². The lowest BCUT2D eigenvalue weighted by Crippen LogP contribution is -2.43. The largest absolute Gasteiger partial charge is 0.383 e. The lowest BCUT2D eigenvalue weighted by atomic mass is 9.77. The van der Waals surface area contributed by atoms with Crippen molar-refractivity contribution in [3.05, 3.63) is 38.6 Å². The Hall–Kier alpha value is -1.76. The molecule has 0 radical (unpaired) electrons. The maximum Gasteiger partial charge on any atom is 0.264 e. The maximum atomic E-state index is 13.1. The van der Waals surface area contributed by atoms with E-state index < -0.39 is 0 Å². The van der Waals surface area contributed by atoms with E-state index in [2.05, 4.69) is 16.8 Å². The molecule has 2 aromatic rings. The van der Waals surface area contributed by atoms with Crippen LogP contribution < -0.4 is 16.2 Å². The number of nitrogens with zero attached hydrogens (tertiary/aromatic N) is 3. The molecule has 2 aliphatic heterocycles. The third-order valence-electron chi connectivity index (χ3n) is 5.99. The minimum absolute atomic E-state index is 0.167. The highest BCUT2D eigenvalue weighted by atomic mass is 35.5. The SMILES string of the molecule is C[C@H]1CC2(CCN(c3nc(N)c(-c4cc(Cl)ccc4Cl)c(=O)n3C)CC2)CO1. The summed E-state index contributed by atoms with van der Waals surface area (Å²) in [7, 11) is 1.72. The summed E-state index contributed by atoms with van der Waals surface area (Å²) in [6.45, 7) is 4.61. The molecule has 8 heteroatoms. The van der Waals surface area contributed by atoms with Crippen LogP contribution in [0.15, 0.2) is 23.0 Å². The summed E-state index contributed by atoms with van der Waals surface area (Å²) in [5, 5.41) is 0.900. The number of ether oxygens (including phenoxy) is 1. The van der Waals surface area contributed by atoms with Gasteiger partial charge in [0.2, 0.25) is 5.95 Å². The molecule has 0 unspecified atom stereocenters. The van der Waals surface area contributed by atoms with Crippen LogP contribution in [0.3, 0.4) is 0 Å². The van der Waals surface area contributed by atoms with Crippen LogP contribution >= 0.6 is 23.2 Å². The molecule has 4 rings (SSSR count). The van der Waals surface area contributed by atoms with Gasteiger partial charge in [0.1, 0.15) is 5.82 Å². The predicted octanol–water partition coefficient (Wildman–Crippen LogP) is 3.73. The number of nitrogens with two attached hydrogens (primary N) is 1. The zero-order chi connectivity index (χ0) is 20.1. The van der Waals surface area contributed by atoms with Crippen molar-refractivity contribution in [1.82, 2.24) is 9.55 Å². The van der Waals surface area contributed by atoms with E-state index >= 15 is 0 Å². The molecule has 1 aromatic heterocycles. The summed E-state index contributed by atoms with van der Waals surface area (Å²) in [6, 6.07) is 4.97. The average Bonchev–Trinajstić information content (AvgIpc) is 3.02. The van der Waals surface area contributed by atoms with Crippen molar-refractivity contribution >= 4 is 35.0 Å². The summed E-state index contributed by atoms with van der Waals surface area (Å²) in [6.07, 6.45) is 3.47. The normalized spacial score (nSPS) is 21.4. The van der Waals surface area contributed by atoms with E-state index in [1.165, 1.54) is 0 Å². The monoisotopic (exact) mass is 422 g/mol. The van der Waals surface area contributed by atoms with Crippen LogP contribution in [-0.2, 0) is 11.8 Å². The van der Waals surface area contributed by atoms with E-state index in [0.717, 1.165) is 39.0 Å². The Morgan fingerprint density at radius 1 is 1.29 bits per heavy atom. The number of aromatic nitrogens is 2. The predicted molar refractivity (Wildman–Crippen MR) is 113 cm³/mol. The van der Waals surface area contributed by atoms with E-state index in [1.54, 1.807) is 29.8 Å². The minimum atomic E-state index is -0.232. The molecule has 28 heavy (non-hydrogen) atoms. The van der Waals surface area contributed by atoms with E-state index in [4.69, 9.17) is 33.7 Å². The van der Waals surface area contributed by atoms with E-state index in [0.29, 0.717) is 27.7 Å². The number of benzene rings is 1. The fourth-order valence-corrected chi connectivity index (χ4v) is 4.79. The second-order valence-electron chi connectivity index (χ2n) is 7.97. The van der Waals surface area contributed by atoms with Gasteiger partial charge in [-0.25, -0.2) is 0 Å². The highest BCUT2D eigenvalue weighted by Crippen LogP contribution is 2.42. The van der Waals surface area contributed by atoms with Gasteiger partial charge in [-0.1, -0.05) is 23.2 Å². The Bertz CT molecular complexity index is 967. The van der Waals surface area contributed by atoms with Gasteiger partial charge in [0.15, 0.2) is 0 Å². The van der Waals surface area contributed by atoms with E-state index in [9.17, 15) is 4.79 Å². The highest BCUT2D eigenvalue weighted by Gasteiger charge is 2.41. The van der Waals surface area contributed by atoms with Gasteiger partial charge in [0.05, 0.1) is 18.3 Å². The summed E-state index contributed by atoms with van der Waals surface area (Å²) < 4.78 is 7.35. The third kappa shape index (κ3) is 3.38. The van der Waals surface area contributed by atoms with E-state index in [-0.39, 0.29) is 22.4 Å². The molecule has 0 aliphatic carbocycles. The van der Waals surface area contributed by atoms with Crippen LogP contribution in [0.4, 0.5) is 11.8 Å². The van der Waals surface area contributed by atoms with Gasteiger partial charge in [-0.2, -0.15) is 4.98 Å². The number of nitrogen functional groups attached to an aromatic ring is 1. The summed E-state index contributed by atoms with van der Waals surface area (Å²) >= 11 is 12.4. The highest BCUT2D eigenvalue weighted by molar-refractivity contribution is 6.35. The number of piperidine rings is 1. The first kappa shape index (κ1) is 19.6. The van der Waals surface area contributed by atoms with Crippen molar-refractivity contribution in [2.45, 2.75) is 32.3 Å². The van der Waals surface area contributed by atoms with Gasteiger partial charge in [-0.15, -0.1) is 0 Å². The molecule has 2 fully saturated rings. The average molecular weight is 423 g/mol. The van der Waals surface area contributed by atoms with Gasteiger partial charge in [0, 0.05) is 35.7 Å². The Labute approximate surface area is 174 Å². The second-order valence-corrected chi connectivity index (χ2v) is 8.82. The van der Waals surface area contributed by atoms with Crippen LogP contribution in [0.5, 0.6) is 0 Å².